The highest BCUT2D eigenvalue weighted by atomic mass is 16.5. The Morgan fingerprint density at radius 2 is 1.72 bits per heavy atom. The second-order valence-electron chi connectivity index (χ2n) is 8.31. The predicted molar refractivity (Wildman–Crippen MR) is 97.6 cm³/mol. The molecule has 1 aromatic carbocycles. The Labute approximate surface area is 150 Å². The molecule has 5 rings (SSSR count). The van der Waals surface area contributed by atoms with E-state index in [9.17, 15) is 4.79 Å². The first kappa shape index (κ1) is 16.7. The van der Waals surface area contributed by atoms with Gasteiger partial charge in [-0.2, -0.15) is 0 Å². The third-order valence-electron chi connectivity index (χ3n) is 6.57. The van der Waals surface area contributed by atoms with Crippen molar-refractivity contribution >= 4 is 5.97 Å². The number of ether oxygens (including phenoxy) is 2. The molecule has 0 spiro atoms. The van der Waals surface area contributed by atoms with Crippen LogP contribution < -0.4 is 4.74 Å². The lowest BCUT2D eigenvalue weighted by Gasteiger charge is -2.57. The van der Waals surface area contributed by atoms with E-state index in [0.29, 0.717) is 24.5 Å². The van der Waals surface area contributed by atoms with Crippen molar-refractivity contribution in [1.29, 1.82) is 0 Å². The summed E-state index contributed by atoms with van der Waals surface area (Å²) in [5.74, 6) is 2.98. The van der Waals surface area contributed by atoms with E-state index in [0.717, 1.165) is 17.8 Å². The summed E-state index contributed by atoms with van der Waals surface area (Å²) in [6.07, 6.45) is 8.17. The fourth-order valence-electron chi connectivity index (χ4n) is 5.83. The minimum atomic E-state index is -0.321. The molecule has 0 radical (unpaired) electrons. The van der Waals surface area contributed by atoms with Crippen LogP contribution in [0.25, 0.3) is 0 Å². The molecule has 0 saturated heterocycles. The molecule has 4 saturated carbocycles. The Kier molecular flexibility index (Phi) is 4.35. The van der Waals surface area contributed by atoms with Crippen molar-refractivity contribution in [2.75, 3.05) is 13.2 Å². The summed E-state index contributed by atoms with van der Waals surface area (Å²) in [6, 6.07) is 7.35. The average molecular weight is 340 g/mol. The van der Waals surface area contributed by atoms with E-state index in [2.05, 4.69) is 6.58 Å². The number of hydrogen-bond acceptors (Lipinski definition) is 3. The molecule has 0 N–H and O–H groups in total. The summed E-state index contributed by atoms with van der Waals surface area (Å²) >= 11 is 0. The third kappa shape index (κ3) is 3.09. The highest BCUT2D eigenvalue weighted by Crippen LogP contribution is 2.62. The van der Waals surface area contributed by atoms with Gasteiger partial charge in [0.05, 0.1) is 6.61 Å². The number of carbonyl (C=O) groups is 1. The lowest BCUT2D eigenvalue weighted by molar-refractivity contribution is -0.0340. The Hall–Kier alpha value is -1.77. The number of hydrogen-bond donors (Lipinski definition) is 0. The van der Waals surface area contributed by atoms with Crippen molar-refractivity contribution in [1.82, 2.24) is 0 Å². The molecule has 0 atom stereocenters. The highest BCUT2D eigenvalue weighted by Gasteiger charge is 2.52. The van der Waals surface area contributed by atoms with Gasteiger partial charge in [0.2, 0.25) is 0 Å². The molecule has 4 fully saturated rings. The predicted octanol–water partition coefficient (Wildman–Crippen LogP) is 5.01. The van der Waals surface area contributed by atoms with Crippen LogP contribution in [0.3, 0.4) is 0 Å². The summed E-state index contributed by atoms with van der Waals surface area (Å²) in [4.78, 5) is 12.1. The molecule has 3 nitrogen and oxygen atoms in total. The number of benzene rings is 1. The molecule has 4 bridgehead atoms. The van der Waals surface area contributed by atoms with Crippen molar-refractivity contribution in [2.24, 2.45) is 23.2 Å². The molecule has 134 valence electrons. The van der Waals surface area contributed by atoms with E-state index in [1.807, 2.05) is 25.1 Å². The van der Waals surface area contributed by atoms with Crippen LogP contribution in [-0.2, 0) is 4.74 Å². The summed E-state index contributed by atoms with van der Waals surface area (Å²) < 4.78 is 11.2. The zero-order valence-corrected chi connectivity index (χ0v) is 15.1. The van der Waals surface area contributed by atoms with Gasteiger partial charge in [0, 0.05) is 0 Å². The monoisotopic (exact) mass is 340 g/mol. The van der Waals surface area contributed by atoms with E-state index in [4.69, 9.17) is 9.47 Å². The lowest BCUT2D eigenvalue weighted by atomic mass is 9.48. The van der Waals surface area contributed by atoms with Gasteiger partial charge in [-0.15, -0.1) is 0 Å². The van der Waals surface area contributed by atoms with Crippen LogP contribution in [0.2, 0.25) is 0 Å². The van der Waals surface area contributed by atoms with Crippen LogP contribution in [0.5, 0.6) is 5.75 Å². The smallest absolute Gasteiger partial charge is 0.341 e. The maximum Gasteiger partial charge on any atom is 0.341 e. The molecule has 1 aromatic rings. The minimum Gasteiger partial charge on any atom is -0.488 e. The first-order chi connectivity index (χ1) is 12.1. The Morgan fingerprint density at radius 3 is 2.32 bits per heavy atom. The van der Waals surface area contributed by atoms with E-state index in [1.165, 1.54) is 44.1 Å². The van der Waals surface area contributed by atoms with Crippen LogP contribution in [0, 0.1) is 23.2 Å². The largest absolute Gasteiger partial charge is 0.488 e. The first-order valence-electron chi connectivity index (χ1n) is 9.67. The quantitative estimate of drug-likeness (QED) is 0.539. The number of esters is 1. The Morgan fingerprint density at radius 1 is 1.12 bits per heavy atom. The topological polar surface area (TPSA) is 35.5 Å². The van der Waals surface area contributed by atoms with Crippen molar-refractivity contribution in [3.63, 3.8) is 0 Å². The normalized spacial score (nSPS) is 32.4. The molecule has 4 aliphatic carbocycles. The second kappa shape index (κ2) is 6.51. The summed E-state index contributed by atoms with van der Waals surface area (Å²) in [6.45, 7) is 7.12. The Bertz CT molecular complexity index is 640. The lowest BCUT2D eigenvalue weighted by Crippen LogP contribution is -2.47. The Balaban J connectivity index is 1.45. The first-order valence-corrected chi connectivity index (χ1v) is 9.67. The zero-order chi connectivity index (χ0) is 17.4. The highest BCUT2D eigenvalue weighted by molar-refractivity contribution is 5.92. The second-order valence-corrected chi connectivity index (χ2v) is 8.31. The van der Waals surface area contributed by atoms with Gasteiger partial charge in [0.15, 0.2) is 0 Å². The molecular weight excluding hydrogens is 312 g/mol. The van der Waals surface area contributed by atoms with Crippen LogP contribution in [0.1, 0.15) is 55.8 Å². The fraction of sp³-hybridized carbons (Fsp3) is 0.591. The van der Waals surface area contributed by atoms with Gasteiger partial charge in [-0.25, -0.2) is 4.79 Å². The van der Waals surface area contributed by atoms with Gasteiger partial charge < -0.3 is 9.47 Å². The molecule has 0 unspecified atom stereocenters. The van der Waals surface area contributed by atoms with Gasteiger partial charge in [0.1, 0.15) is 17.9 Å². The minimum absolute atomic E-state index is 0.285. The van der Waals surface area contributed by atoms with Gasteiger partial charge in [-0.05, 0) is 86.3 Å². The van der Waals surface area contributed by atoms with Gasteiger partial charge in [0.25, 0.3) is 0 Å². The summed E-state index contributed by atoms with van der Waals surface area (Å²) in [5, 5.41) is 0. The van der Waals surface area contributed by atoms with Crippen LogP contribution in [0.15, 0.2) is 36.4 Å². The van der Waals surface area contributed by atoms with Gasteiger partial charge in [-0.3, -0.25) is 0 Å². The van der Waals surface area contributed by atoms with Gasteiger partial charge >= 0.3 is 5.97 Å². The zero-order valence-electron chi connectivity index (χ0n) is 15.1. The maximum absolute atomic E-state index is 12.1. The standard InChI is InChI=1S/C22H28O3/c1-3-24-21(23)19-6-4-5-7-20(19)25-14-15(2)22-11-16-8-17(12-22)10-18(9-16)13-22/h4-7,16-18H,2-3,8-14H2,1H3. The fourth-order valence-corrected chi connectivity index (χ4v) is 5.83. The van der Waals surface area contributed by atoms with Crippen molar-refractivity contribution in [3.8, 4) is 5.75 Å². The summed E-state index contributed by atoms with van der Waals surface area (Å²) in [5.41, 5.74) is 2.01. The molecule has 0 aliphatic heterocycles. The van der Waals surface area contributed by atoms with E-state index >= 15 is 0 Å². The van der Waals surface area contributed by atoms with Crippen molar-refractivity contribution < 1.29 is 14.3 Å². The van der Waals surface area contributed by atoms with E-state index < -0.39 is 0 Å². The van der Waals surface area contributed by atoms with Gasteiger partial charge in [-0.1, -0.05) is 18.7 Å². The molecule has 0 amide bonds. The van der Waals surface area contributed by atoms with Crippen LogP contribution in [-0.4, -0.2) is 19.2 Å². The number of rotatable bonds is 6. The SMILES string of the molecule is C=C(COc1ccccc1C(=O)OCC)C12CC3CC(CC(C3)C1)C2. The van der Waals surface area contributed by atoms with E-state index in [1.54, 1.807) is 6.07 Å². The third-order valence-corrected chi connectivity index (χ3v) is 6.57. The molecule has 0 aromatic heterocycles. The molecular formula is C22H28O3. The van der Waals surface area contributed by atoms with Crippen molar-refractivity contribution in [2.45, 2.75) is 45.4 Å². The van der Waals surface area contributed by atoms with E-state index in [-0.39, 0.29) is 11.4 Å². The number of carbonyl (C=O) groups excluding carboxylic acids is 1. The number of para-hydroxylation sites is 1. The maximum atomic E-state index is 12.1. The van der Waals surface area contributed by atoms with Crippen LogP contribution in [0.4, 0.5) is 0 Å². The average Bonchev–Trinajstić information content (AvgIpc) is 2.59. The molecule has 0 heterocycles. The van der Waals surface area contributed by atoms with Crippen LogP contribution >= 0.6 is 0 Å². The summed E-state index contributed by atoms with van der Waals surface area (Å²) in [7, 11) is 0. The van der Waals surface area contributed by atoms with Crippen molar-refractivity contribution in [3.05, 3.63) is 42.0 Å². The molecule has 3 heteroatoms. The molecule has 4 aliphatic rings. The molecule has 25 heavy (non-hydrogen) atoms.